The van der Waals surface area contributed by atoms with Crippen molar-refractivity contribution in [3.63, 3.8) is 0 Å². The first-order valence-electron chi connectivity index (χ1n) is 5.36. The Balaban J connectivity index is 3.05. The molecule has 1 amide bonds. The fourth-order valence-corrected chi connectivity index (χ4v) is 1.34. The van der Waals surface area contributed by atoms with E-state index in [4.69, 9.17) is 0 Å². The predicted octanol–water partition coefficient (Wildman–Crippen LogP) is 3.23. The lowest BCUT2D eigenvalue weighted by Crippen LogP contribution is -2.29. The molecule has 1 rings (SSSR count). The molecular formula is C12H13F4NO. The minimum atomic E-state index is -4.76. The molecule has 0 fully saturated rings. The maximum absolute atomic E-state index is 12.8. The summed E-state index contributed by atoms with van der Waals surface area (Å²) in [5.41, 5.74) is -1.83. The van der Waals surface area contributed by atoms with Crippen LogP contribution in [0.25, 0.3) is 0 Å². The Morgan fingerprint density at radius 3 is 2.44 bits per heavy atom. The van der Waals surface area contributed by atoms with Crippen LogP contribution in [-0.2, 0) is 6.18 Å². The molecule has 0 heterocycles. The summed E-state index contributed by atoms with van der Waals surface area (Å²) >= 11 is 0. The van der Waals surface area contributed by atoms with Crippen molar-refractivity contribution >= 4 is 5.91 Å². The van der Waals surface area contributed by atoms with E-state index >= 15 is 0 Å². The zero-order valence-corrected chi connectivity index (χ0v) is 9.94. The number of benzene rings is 1. The monoisotopic (exact) mass is 263 g/mol. The highest BCUT2D eigenvalue weighted by Crippen LogP contribution is 2.32. The molecule has 0 aliphatic carbocycles. The number of rotatable bonds is 3. The summed E-state index contributed by atoms with van der Waals surface area (Å²) < 4.78 is 50.7. The summed E-state index contributed by atoms with van der Waals surface area (Å²) in [6, 6.07) is 2.00. The largest absolute Gasteiger partial charge is 0.417 e. The molecule has 0 unspecified atom stereocenters. The van der Waals surface area contributed by atoms with Crippen molar-refractivity contribution in [2.75, 3.05) is 6.54 Å². The van der Waals surface area contributed by atoms with Crippen molar-refractivity contribution in [3.05, 3.63) is 35.1 Å². The highest BCUT2D eigenvalue weighted by Gasteiger charge is 2.35. The highest BCUT2D eigenvalue weighted by atomic mass is 19.4. The average Bonchev–Trinajstić information content (AvgIpc) is 2.24. The number of alkyl halides is 3. The van der Waals surface area contributed by atoms with Crippen LogP contribution in [-0.4, -0.2) is 12.5 Å². The number of hydrogen-bond acceptors (Lipinski definition) is 1. The van der Waals surface area contributed by atoms with Crippen LogP contribution in [0.3, 0.4) is 0 Å². The van der Waals surface area contributed by atoms with Gasteiger partial charge in [-0.15, -0.1) is 0 Å². The summed E-state index contributed by atoms with van der Waals surface area (Å²) in [6.07, 6.45) is -4.76. The van der Waals surface area contributed by atoms with Gasteiger partial charge in [0.25, 0.3) is 5.91 Å². The molecule has 0 saturated carbocycles. The molecule has 0 spiro atoms. The van der Waals surface area contributed by atoms with Gasteiger partial charge in [0, 0.05) is 6.54 Å². The predicted molar refractivity (Wildman–Crippen MR) is 58.6 cm³/mol. The SMILES string of the molecule is CC(C)CNC(=O)c1ccc(F)cc1C(F)(F)F. The molecule has 18 heavy (non-hydrogen) atoms. The first-order valence-corrected chi connectivity index (χ1v) is 5.36. The Morgan fingerprint density at radius 2 is 1.94 bits per heavy atom. The van der Waals surface area contributed by atoms with Gasteiger partial charge in [0.1, 0.15) is 5.82 Å². The van der Waals surface area contributed by atoms with Gasteiger partial charge in [0.2, 0.25) is 0 Å². The molecule has 1 aromatic rings. The lowest BCUT2D eigenvalue weighted by atomic mass is 10.1. The van der Waals surface area contributed by atoms with Crippen LogP contribution in [0.5, 0.6) is 0 Å². The minimum absolute atomic E-state index is 0.115. The summed E-state index contributed by atoms with van der Waals surface area (Å²) in [5.74, 6) is -1.76. The topological polar surface area (TPSA) is 29.1 Å². The molecule has 6 heteroatoms. The van der Waals surface area contributed by atoms with E-state index in [9.17, 15) is 22.4 Å². The molecule has 100 valence electrons. The fraction of sp³-hybridized carbons (Fsp3) is 0.417. The standard InChI is InChI=1S/C12H13F4NO/c1-7(2)6-17-11(18)9-4-3-8(13)5-10(9)12(14,15)16/h3-5,7H,6H2,1-2H3,(H,17,18). The van der Waals surface area contributed by atoms with E-state index in [-0.39, 0.29) is 12.5 Å². The first-order chi connectivity index (χ1) is 8.21. The van der Waals surface area contributed by atoms with Crippen molar-refractivity contribution < 1.29 is 22.4 Å². The first kappa shape index (κ1) is 14.5. The van der Waals surface area contributed by atoms with Gasteiger partial charge < -0.3 is 5.32 Å². The van der Waals surface area contributed by atoms with Crippen LogP contribution in [0.15, 0.2) is 18.2 Å². The van der Waals surface area contributed by atoms with E-state index in [1.54, 1.807) is 0 Å². The highest BCUT2D eigenvalue weighted by molar-refractivity contribution is 5.95. The van der Waals surface area contributed by atoms with Crippen LogP contribution < -0.4 is 5.32 Å². The second-order valence-electron chi connectivity index (χ2n) is 4.29. The van der Waals surface area contributed by atoms with Crippen LogP contribution in [0.4, 0.5) is 17.6 Å². The molecule has 0 bridgehead atoms. The molecule has 1 aromatic carbocycles. The number of nitrogens with one attached hydrogen (secondary N) is 1. The zero-order chi connectivity index (χ0) is 13.9. The molecule has 0 aliphatic heterocycles. The second-order valence-corrected chi connectivity index (χ2v) is 4.29. The molecule has 0 saturated heterocycles. The van der Waals surface area contributed by atoms with Crippen LogP contribution >= 0.6 is 0 Å². The molecule has 1 N–H and O–H groups in total. The van der Waals surface area contributed by atoms with Crippen molar-refractivity contribution in [1.29, 1.82) is 0 Å². The van der Waals surface area contributed by atoms with Gasteiger partial charge in [-0.3, -0.25) is 4.79 Å². The quantitative estimate of drug-likeness (QED) is 0.833. The maximum Gasteiger partial charge on any atom is 0.417 e. The van der Waals surface area contributed by atoms with E-state index in [0.717, 1.165) is 12.1 Å². The van der Waals surface area contributed by atoms with Crippen molar-refractivity contribution in [2.24, 2.45) is 5.92 Å². The number of halogens is 4. The smallest absolute Gasteiger partial charge is 0.352 e. The van der Waals surface area contributed by atoms with Gasteiger partial charge in [-0.1, -0.05) is 13.8 Å². The normalized spacial score (nSPS) is 11.7. The van der Waals surface area contributed by atoms with Gasteiger partial charge in [0.15, 0.2) is 0 Å². The summed E-state index contributed by atoms with van der Waals surface area (Å²) in [7, 11) is 0. The zero-order valence-electron chi connectivity index (χ0n) is 9.94. The van der Waals surface area contributed by atoms with Crippen molar-refractivity contribution in [1.82, 2.24) is 5.32 Å². The van der Waals surface area contributed by atoms with E-state index < -0.39 is 29.0 Å². The van der Waals surface area contributed by atoms with Crippen molar-refractivity contribution in [2.45, 2.75) is 20.0 Å². The third-order valence-corrected chi connectivity index (χ3v) is 2.20. The van der Waals surface area contributed by atoms with Gasteiger partial charge in [-0.2, -0.15) is 13.2 Å². The van der Waals surface area contributed by atoms with Gasteiger partial charge in [-0.25, -0.2) is 4.39 Å². The van der Waals surface area contributed by atoms with E-state index in [0.29, 0.717) is 6.07 Å². The Kier molecular flexibility index (Phi) is 4.32. The van der Waals surface area contributed by atoms with Gasteiger partial charge in [0.05, 0.1) is 11.1 Å². The summed E-state index contributed by atoms with van der Waals surface area (Å²) in [4.78, 5) is 11.6. The number of carbonyl (C=O) groups is 1. The number of carbonyl (C=O) groups excluding carboxylic acids is 1. The fourth-order valence-electron chi connectivity index (χ4n) is 1.34. The molecule has 2 nitrogen and oxygen atoms in total. The summed E-state index contributed by atoms with van der Waals surface area (Å²) in [6.45, 7) is 3.89. The lowest BCUT2D eigenvalue weighted by Gasteiger charge is -2.13. The summed E-state index contributed by atoms with van der Waals surface area (Å²) in [5, 5.41) is 2.37. The van der Waals surface area contributed by atoms with Crippen LogP contribution in [0.1, 0.15) is 29.8 Å². The van der Waals surface area contributed by atoms with Crippen LogP contribution in [0, 0.1) is 11.7 Å². The molecule has 0 aliphatic rings. The molecule has 0 aromatic heterocycles. The van der Waals surface area contributed by atoms with Crippen LogP contribution in [0.2, 0.25) is 0 Å². The van der Waals surface area contributed by atoms with E-state index in [2.05, 4.69) is 5.32 Å². The number of amides is 1. The molecule has 0 atom stereocenters. The Morgan fingerprint density at radius 1 is 1.33 bits per heavy atom. The third-order valence-electron chi connectivity index (χ3n) is 2.20. The second kappa shape index (κ2) is 5.37. The van der Waals surface area contributed by atoms with Crippen molar-refractivity contribution in [3.8, 4) is 0 Å². The van der Waals surface area contributed by atoms with E-state index in [1.807, 2.05) is 13.8 Å². The lowest BCUT2D eigenvalue weighted by molar-refractivity contribution is -0.138. The number of hydrogen-bond donors (Lipinski definition) is 1. The maximum atomic E-state index is 12.8. The third kappa shape index (κ3) is 3.72. The van der Waals surface area contributed by atoms with E-state index in [1.165, 1.54) is 0 Å². The average molecular weight is 263 g/mol. The molecular weight excluding hydrogens is 250 g/mol. The molecule has 0 radical (unpaired) electrons. The Labute approximate surface area is 102 Å². The Bertz CT molecular complexity index is 440. The minimum Gasteiger partial charge on any atom is -0.352 e. The Hall–Kier alpha value is -1.59. The van der Waals surface area contributed by atoms with Gasteiger partial charge >= 0.3 is 6.18 Å². The van der Waals surface area contributed by atoms with Gasteiger partial charge in [-0.05, 0) is 24.1 Å².